The summed E-state index contributed by atoms with van der Waals surface area (Å²) in [5, 5.41) is 9.95. The number of Topliss-reactive ketones (excluding diaryl/α,β-unsaturated/α-hetero) is 2. The van der Waals surface area contributed by atoms with Gasteiger partial charge in [-0.1, -0.05) is 72.3 Å². The third-order valence-electron chi connectivity index (χ3n) is 18.3. The zero-order valence-electron chi connectivity index (χ0n) is 39.7. The molecule has 6 aliphatic rings. The molecule has 0 amide bonds. The van der Waals surface area contributed by atoms with E-state index in [-0.39, 0.29) is 23.5 Å². The van der Waals surface area contributed by atoms with Crippen LogP contribution in [0.2, 0.25) is 0 Å². The zero-order valence-corrected chi connectivity index (χ0v) is 39.7. The lowest BCUT2D eigenvalue weighted by atomic mass is 9.76. The largest absolute Gasteiger partial charge is 0.308 e. The smallest absolute Gasteiger partial charge is 0.170 e. The van der Waals surface area contributed by atoms with Gasteiger partial charge < -0.3 is 8.80 Å². The normalized spacial score (nSPS) is 20.0. The first-order valence-corrected chi connectivity index (χ1v) is 25.4. The van der Waals surface area contributed by atoms with E-state index < -0.39 is 0 Å². The Hall–Kier alpha value is -7.30. The van der Waals surface area contributed by atoms with Crippen molar-refractivity contribution in [2.75, 3.05) is 0 Å². The van der Waals surface area contributed by atoms with E-state index in [1.807, 2.05) is 0 Å². The molecule has 2 atom stereocenters. The molecular weight excluding hydrogens is 841 g/mol. The van der Waals surface area contributed by atoms with Crippen molar-refractivity contribution in [1.29, 1.82) is 0 Å². The van der Waals surface area contributed by atoms with Gasteiger partial charge in [-0.3, -0.25) is 9.59 Å². The molecule has 69 heavy (non-hydrogen) atoms. The fraction of sp³-hybridized carbons (Fsp3) is 0.231. The van der Waals surface area contributed by atoms with E-state index in [0.717, 1.165) is 66.2 Å². The molecular formula is C65H50N2O2. The number of aryl methyl sites for hydroxylation is 5. The number of carbonyl (C=O) groups is 2. The molecule has 0 N–H and O–H groups in total. The Kier molecular flexibility index (Phi) is 7.31. The second-order valence-corrected chi connectivity index (χ2v) is 21.8. The molecule has 332 valence electrons. The lowest BCUT2D eigenvalue weighted by Gasteiger charge is -2.26. The number of rotatable bonds is 2. The zero-order chi connectivity index (χ0) is 46.0. The Morgan fingerprint density at radius 1 is 0.406 bits per heavy atom. The molecule has 18 rings (SSSR count). The molecule has 1 fully saturated rings. The summed E-state index contributed by atoms with van der Waals surface area (Å²) in [6.07, 6.45) is 6.05. The number of benzene rings is 8. The van der Waals surface area contributed by atoms with Crippen molar-refractivity contribution in [1.82, 2.24) is 8.80 Å². The Labute approximate surface area is 399 Å². The van der Waals surface area contributed by atoms with E-state index in [1.165, 1.54) is 132 Å². The van der Waals surface area contributed by atoms with Gasteiger partial charge in [0, 0.05) is 72.0 Å². The summed E-state index contributed by atoms with van der Waals surface area (Å²) in [5.41, 5.74) is 25.3. The van der Waals surface area contributed by atoms with Crippen LogP contribution in [-0.4, -0.2) is 20.4 Å². The minimum Gasteiger partial charge on any atom is -0.308 e. The average molecular weight is 891 g/mol. The van der Waals surface area contributed by atoms with E-state index in [1.54, 1.807) is 0 Å². The molecule has 1 saturated carbocycles. The highest BCUT2D eigenvalue weighted by molar-refractivity contribution is 6.32. The van der Waals surface area contributed by atoms with Gasteiger partial charge >= 0.3 is 0 Å². The quantitative estimate of drug-likeness (QED) is 0.174. The minimum atomic E-state index is -0.111. The van der Waals surface area contributed by atoms with Gasteiger partial charge in [0.15, 0.2) is 11.6 Å². The summed E-state index contributed by atoms with van der Waals surface area (Å²) < 4.78 is 5.05. The Morgan fingerprint density at radius 2 is 0.928 bits per heavy atom. The molecule has 0 saturated heterocycles. The Balaban J connectivity index is 1.09. The SMILES string of the molecule is Cc1cc(C)c(-c2cc3c4cc5c(cc4n4c6cc7c8c(C)c(-c9ccccc9)c(C)c9c%10cc%11c(cc%10n(c7cc6c(c2)c34)c98)C(=O)C2CCC%11CC2)C(=O)C2CCC5c3ccccc32)c(C)c1. The second-order valence-electron chi connectivity index (χ2n) is 21.8. The van der Waals surface area contributed by atoms with Crippen molar-refractivity contribution >= 4 is 87.8 Å². The molecule has 4 nitrogen and oxygen atoms in total. The highest BCUT2D eigenvalue weighted by Gasteiger charge is 2.40. The molecule has 0 radical (unpaired) electrons. The summed E-state index contributed by atoms with van der Waals surface area (Å²) in [7, 11) is 0. The van der Waals surface area contributed by atoms with Crippen LogP contribution in [0.25, 0.3) is 98.4 Å². The van der Waals surface area contributed by atoms with Gasteiger partial charge in [-0.2, -0.15) is 0 Å². The maximum Gasteiger partial charge on any atom is 0.170 e. The van der Waals surface area contributed by atoms with Crippen molar-refractivity contribution in [3.63, 3.8) is 0 Å². The predicted molar refractivity (Wildman–Crippen MR) is 284 cm³/mol. The fourth-order valence-electron chi connectivity index (χ4n) is 15.6. The van der Waals surface area contributed by atoms with Crippen LogP contribution in [0.3, 0.4) is 0 Å². The van der Waals surface area contributed by atoms with Crippen molar-refractivity contribution in [2.45, 2.75) is 90.9 Å². The van der Waals surface area contributed by atoms with Gasteiger partial charge in [-0.05, 0) is 194 Å². The number of hydrogen-bond donors (Lipinski definition) is 0. The van der Waals surface area contributed by atoms with Crippen molar-refractivity contribution in [3.8, 4) is 22.3 Å². The predicted octanol–water partition coefficient (Wildman–Crippen LogP) is 16.5. The number of aromatic nitrogens is 2. The van der Waals surface area contributed by atoms with E-state index in [0.29, 0.717) is 11.7 Å². The molecule has 8 aromatic carbocycles. The third-order valence-corrected chi connectivity index (χ3v) is 18.3. The van der Waals surface area contributed by atoms with E-state index in [2.05, 4.69) is 159 Å². The van der Waals surface area contributed by atoms with Gasteiger partial charge in [-0.25, -0.2) is 0 Å². The fourth-order valence-corrected chi connectivity index (χ4v) is 15.6. The van der Waals surface area contributed by atoms with Crippen LogP contribution < -0.4 is 0 Å². The molecule has 12 aromatic rings. The molecule has 6 aliphatic carbocycles. The maximum absolute atomic E-state index is 14.9. The summed E-state index contributed by atoms with van der Waals surface area (Å²) in [5.74, 6) is 1.24. The summed E-state index contributed by atoms with van der Waals surface area (Å²) in [6, 6.07) is 43.7. The van der Waals surface area contributed by atoms with Gasteiger partial charge in [0.2, 0.25) is 0 Å². The standard InChI is InChI=1S/C65H50N2O2/c1-31-21-32(2)58(33(3)22-31)39-23-48-46-26-45-42-19-20-43(41-14-10-9-13-40(41)42)65(69)51(45)29-54(46)66-55-30-53-56(27-47(55)49(24-39)62(48)66)67-57-28-50-44(36-15-17-38(18-16-36)64(50)68)25-52(57)60-34(4)59(35(5)61(53)63(60)67)37-11-7-6-8-12-37/h6-14,21-30,36,38,42-43H,15-20H2,1-5H3. The monoisotopic (exact) mass is 890 g/mol. The Bertz CT molecular complexity index is 4340. The summed E-state index contributed by atoms with van der Waals surface area (Å²) >= 11 is 0. The van der Waals surface area contributed by atoms with E-state index in [9.17, 15) is 9.59 Å². The van der Waals surface area contributed by atoms with Crippen LogP contribution in [0.1, 0.15) is 127 Å². The molecule has 4 heterocycles. The Morgan fingerprint density at radius 3 is 1.64 bits per heavy atom. The summed E-state index contributed by atoms with van der Waals surface area (Å²) in [6.45, 7) is 11.4. The first kappa shape index (κ1) is 38.6. The summed E-state index contributed by atoms with van der Waals surface area (Å²) in [4.78, 5) is 29.4. The topological polar surface area (TPSA) is 43.0 Å². The lowest BCUT2D eigenvalue weighted by Crippen LogP contribution is -2.15. The minimum absolute atomic E-state index is 0.111. The van der Waals surface area contributed by atoms with Crippen LogP contribution in [0.5, 0.6) is 0 Å². The van der Waals surface area contributed by atoms with Gasteiger partial charge in [-0.15, -0.1) is 0 Å². The number of nitrogens with zero attached hydrogens (tertiary/aromatic N) is 2. The van der Waals surface area contributed by atoms with E-state index >= 15 is 0 Å². The van der Waals surface area contributed by atoms with E-state index in [4.69, 9.17) is 0 Å². The molecule has 4 aromatic heterocycles. The number of carbonyl (C=O) groups excluding carboxylic acids is 2. The number of hydrogen-bond acceptors (Lipinski definition) is 2. The van der Waals surface area contributed by atoms with Crippen LogP contribution in [0, 0.1) is 40.5 Å². The first-order chi connectivity index (χ1) is 33.6. The number of ketones is 2. The average Bonchev–Trinajstić information content (AvgIpc) is 3.98. The van der Waals surface area contributed by atoms with Gasteiger partial charge in [0.05, 0.1) is 33.1 Å². The first-order valence-electron chi connectivity index (χ1n) is 25.4. The van der Waals surface area contributed by atoms with Crippen LogP contribution in [0.4, 0.5) is 0 Å². The van der Waals surface area contributed by atoms with Crippen LogP contribution in [-0.2, 0) is 0 Å². The van der Waals surface area contributed by atoms with Crippen molar-refractivity contribution < 1.29 is 9.59 Å². The van der Waals surface area contributed by atoms with Crippen molar-refractivity contribution in [3.05, 3.63) is 176 Å². The van der Waals surface area contributed by atoms with Gasteiger partial charge in [0.25, 0.3) is 0 Å². The highest BCUT2D eigenvalue weighted by atomic mass is 16.1. The van der Waals surface area contributed by atoms with Crippen molar-refractivity contribution in [2.24, 2.45) is 5.92 Å². The molecule has 4 bridgehead atoms. The molecule has 4 heteroatoms. The number of fused-ring (bicyclic) bond motifs is 15. The van der Waals surface area contributed by atoms with Gasteiger partial charge in [0.1, 0.15) is 0 Å². The molecule has 0 spiro atoms. The highest BCUT2D eigenvalue weighted by Crippen LogP contribution is 2.54. The van der Waals surface area contributed by atoms with Crippen LogP contribution >= 0.6 is 0 Å². The van der Waals surface area contributed by atoms with Crippen LogP contribution in [0.15, 0.2) is 115 Å². The third kappa shape index (κ3) is 4.71. The second kappa shape index (κ2) is 13.1. The molecule has 0 aliphatic heterocycles. The maximum atomic E-state index is 14.9. The lowest BCUT2D eigenvalue weighted by molar-refractivity contribution is 0.0897. The molecule has 2 unspecified atom stereocenters.